The summed E-state index contributed by atoms with van der Waals surface area (Å²) in [6.07, 6.45) is 1.56. The quantitative estimate of drug-likeness (QED) is 0.385. The zero-order valence-corrected chi connectivity index (χ0v) is 23.3. The summed E-state index contributed by atoms with van der Waals surface area (Å²) in [5, 5.41) is 7.74. The van der Waals surface area contributed by atoms with Gasteiger partial charge in [-0.1, -0.05) is 17.7 Å². The topological polar surface area (TPSA) is 146 Å². The molecule has 0 spiro atoms. The molecule has 1 aliphatic rings. The fraction of sp³-hybridized carbons (Fsp3) is 0.522. The Hall–Kier alpha value is -2.91. The highest BCUT2D eigenvalue weighted by molar-refractivity contribution is 7.93. The Labute approximate surface area is 226 Å². The van der Waals surface area contributed by atoms with E-state index in [0.717, 1.165) is 6.54 Å². The average Bonchev–Trinajstić information content (AvgIpc) is 3.32. The monoisotopic (exact) mass is 566 g/mol. The van der Waals surface area contributed by atoms with Crippen molar-refractivity contribution in [3.05, 3.63) is 41.4 Å². The number of hydrogen-bond acceptors (Lipinski definition) is 11. The molecule has 1 aliphatic heterocycles. The Kier molecular flexibility index (Phi) is 8.78. The minimum absolute atomic E-state index is 0.0210. The summed E-state index contributed by atoms with van der Waals surface area (Å²) in [6, 6.07) is 4.89. The Morgan fingerprint density at radius 2 is 1.92 bits per heavy atom. The van der Waals surface area contributed by atoms with Crippen LogP contribution in [0.15, 0.2) is 30.6 Å². The summed E-state index contributed by atoms with van der Waals surface area (Å²) in [5.74, 6) is 0.958. The van der Waals surface area contributed by atoms with E-state index in [2.05, 4.69) is 34.8 Å². The fourth-order valence-electron chi connectivity index (χ4n) is 4.20. The van der Waals surface area contributed by atoms with Gasteiger partial charge in [-0.05, 0) is 27.0 Å². The van der Waals surface area contributed by atoms with Crippen molar-refractivity contribution in [3.8, 4) is 17.4 Å². The molecule has 0 amide bonds. The van der Waals surface area contributed by atoms with E-state index < -0.39 is 21.4 Å². The molecule has 4 rings (SSSR count). The van der Waals surface area contributed by atoms with Gasteiger partial charge in [0, 0.05) is 38.7 Å². The van der Waals surface area contributed by atoms with Crippen LogP contribution in [0.3, 0.4) is 0 Å². The highest BCUT2D eigenvalue weighted by Gasteiger charge is 2.36. The Bertz CT molecular complexity index is 1340. The molecule has 0 saturated carbocycles. The summed E-state index contributed by atoms with van der Waals surface area (Å²) >= 11 is 5.89. The van der Waals surface area contributed by atoms with E-state index in [1.54, 1.807) is 22.8 Å². The minimum atomic E-state index is -4.07. The second-order valence-corrected chi connectivity index (χ2v) is 11.4. The maximum Gasteiger partial charge on any atom is 0.240 e. The molecule has 4 heterocycles. The number of sulfonamides is 1. The lowest BCUT2D eigenvalue weighted by molar-refractivity contribution is -0.0421. The van der Waals surface area contributed by atoms with Gasteiger partial charge in [0.1, 0.15) is 17.0 Å². The van der Waals surface area contributed by atoms with Crippen LogP contribution in [0.1, 0.15) is 31.8 Å². The molecule has 0 aliphatic carbocycles. The van der Waals surface area contributed by atoms with E-state index in [9.17, 15) is 8.42 Å². The lowest BCUT2D eigenvalue weighted by Crippen LogP contribution is -2.44. The van der Waals surface area contributed by atoms with Crippen molar-refractivity contribution < 1.29 is 22.6 Å². The van der Waals surface area contributed by atoms with Crippen LogP contribution < -0.4 is 9.46 Å². The molecule has 4 atom stereocenters. The van der Waals surface area contributed by atoms with E-state index in [4.69, 9.17) is 25.8 Å². The Morgan fingerprint density at radius 3 is 2.58 bits per heavy atom. The SMILES string of the molecule is COc1cccc(-c2nnc(NS(=O)(=O)[C@@H](C)[C@H](OC)c3ncc(Cl)cn3)n2[C@@H](C)[C@@H]2CN(C)CCO2)n1. The van der Waals surface area contributed by atoms with Gasteiger partial charge < -0.3 is 19.1 Å². The standard InChI is InChI=1S/C23H31ClN8O5S/c1-14(18-13-31(3)9-10-37-18)32-22(17-7-6-8-19(27-17)35-4)28-29-23(32)30-38(33,34)15(2)20(36-5)21-25-11-16(24)12-26-21/h6-8,11-12,14-15,18,20H,9-10,13H2,1-5H3,(H,29,30)/t14-,15-,18-,20-/m0/s1. The third kappa shape index (κ3) is 6.04. The molecule has 0 bridgehead atoms. The minimum Gasteiger partial charge on any atom is -0.481 e. The Balaban J connectivity index is 1.71. The maximum absolute atomic E-state index is 13.6. The zero-order valence-electron chi connectivity index (χ0n) is 21.8. The van der Waals surface area contributed by atoms with E-state index in [1.807, 2.05) is 14.0 Å². The Morgan fingerprint density at radius 1 is 1.18 bits per heavy atom. The molecule has 3 aromatic rings. The van der Waals surface area contributed by atoms with Crippen LogP contribution in [0.2, 0.25) is 5.02 Å². The molecule has 15 heteroatoms. The number of aromatic nitrogens is 6. The first kappa shape index (κ1) is 28.1. The zero-order chi connectivity index (χ0) is 27.4. The number of morpholine rings is 1. The van der Waals surface area contributed by atoms with Crippen molar-refractivity contribution in [1.29, 1.82) is 0 Å². The average molecular weight is 567 g/mol. The second kappa shape index (κ2) is 11.9. The lowest BCUT2D eigenvalue weighted by Gasteiger charge is -2.35. The molecule has 1 N–H and O–H groups in total. The molecule has 1 saturated heterocycles. The summed E-state index contributed by atoms with van der Waals surface area (Å²) in [4.78, 5) is 14.9. The summed E-state index contributed by atoms with van der Waals surface area (Å²) in [7, 11) is 0.846. The van der Waals surface area contributed by atoms with E-state index in [-0.39, 0.29) is 23.9 Å². The largest absolute Gasteiger partial charge is 0.481 e. The van der Waals surface area contributed by atoms with Gasteiger partial charge in [-0.3, -0.25) is 9.29 Å². The molecule has 0 unspecified atom stereocenters. The van der Waals surface area contributed by atoms with Crippen molar-refractivity contribution in [1.82, 2.24) is 34.6 Å². The van der Waals surface area contributed by atoms with Gasteiger partial charge >= 0.3 is 0 Å². The summed E-state index contributed by atoms with van der Waals surface area (Å²) in [6.45, 7) is 5.43. The highest BCUT2D eigenvalue weighted by atomic mass is 35.5. The van der Waals surface area contributed by atoms with Crippen LogP contribution >= 0.6 is 11.6 Å². The second-order valence-electron chi connectivity index (χ2n) is 8.96. The summed E-state index contributed by atoms with van der Waals surface area (Å²) in [5.41, 5.74) is 0.468. The molecular formula is C23H31ClN8O5S. The van der Waals surface area contributed by atoms with Crippen molar-refractivity contribution in [2.45, 2.75) is 37.3 Å². The predicted octanol–water partition coefficient (Wildman–Crippen LogP) is 2.20. The number of ether oxygens (including phenoxy) is 3. The van der Waals surface area contributed by atoms with Gasteiger partial charge in [0.2, 0.25) is 21.9 Å². The molecule has 3 aromatic heterocycles. The number of nitrogens with one attached hydrogen (secondary N) is 1. The van der Waals surface area contributed by atoms with Crippen LogP contribution in [0.4, 0.5) is 5.95 Å². The van der Waals surface area contributed by atoms with Crippen molar-refractivity contribution in [2.24, 2.45) is 0 Å². The van der Waals surface area contributed by atoms with Gasteiger partial charge in [-0.25, -0.2) is 23.4 Å². The number of likely N-dealkylation sites (N-methyl/N-ethyl adjacent to an activating group) is 1. The van der Waals surface area contributed by atoms with Gasteiger partial charge in [-0.2, -0.15) is 0 Å². The smallest absolute Gasteiger partial charge is 0.240 e. The number of methoxy groups -OCH3 is 2. The molecule has 206 valence electrons. The number of nitrogens with zero attached hydrogens (tertiary/aromatic N) is 7. The first-order valence-electron chi connectivity index (χ1n) is 11.9. The lowest BCUT2D eigenvalue weighted by atomic mass is 10.1. The van der Waals surface area contributed by atoms with Crippen LogP contribution in [0.25, 0.3) is 11.5 Å². The van der Waals surface area contributed by atoms with Gasteiger partial charge in [0.25, 0.3) is 0 Å². The normalized spacial score (nSPS) is 19.1. The fourth-order valence-corrected chi connectivity index (χ4v) is 5.44. The van der Waals surface area contributed by atoms with Gasteiger partial charge in [0.15, 0.2) is 11.6 Å². The third-order valence-electron chi connectivity index (χ3n) is 6.40. The van der Waals surface area contributed by atoms with Crippen molar-refractivity contribution >= 4 is 27.6 Å². The van der Waals surface area contributed by atoms with E-state index in [1.165, 1.54) is 33.5 Å². The van der Waals surface area contributed by atoms with Gasteiger partial charge in [-0.15, -0.1) is 10.2 Å². The number of anilines is 1. The number of halogens is 1. The molecule has 0 radical (unpaired) electrons. The molecule has 13 nitrogen and oxygen atoms in total. The predicted molar refractivity (Wildman–Crippen MR) is 141 cm³/mol. The van der Waals surface area contributed by atoms with Crippen molar-refractivity contribution in [2.75, 3.05) is 45.7 Å². The van der Waals surface area contributed by atoms with E-state index >= 15 is 0 Å². The number of hydrogen-bond donors (Lipinski definition) is 1. The van der Waals surface area contributed by atoms with Crippen LogP contribution in [-0.2, 0) is 19.5 Å². The van der Waals surface area contributed by atoms with Crippen LogP contribution in [0.5, 0.6) is 5.88 Å². The molecule has 0 aromatic carbocycles. The highest BCUT2D eigenvalue weighted by Crippen LogP contribution is 2.31. The van der Waals surface area contributed by atoms with Crippen molar-refractivity contribution in [3.63, 3.8) is 0 Å². The molecular weight excluding hydrogens is 536 g/mol. The van der Waals surface area contributed by atoms with Gasteiger partial charge in [0.05, 0.1) is 30.9 Å². The first-order chi connectivity index (χ1) is 18.1. The van der Waals surface area contributed by atoms with Crippen LogP contribution in [-0.4, -0.2) is 95.4 Å². The molecule has 1 fully saturated rings. The molecule has 38 heavy (non-hydrogen) atoms. The maximum atomic E-state index is 13.6. The van der Waals surface area contributed by atoms with Crippen LogP contribution in [0, 0.1) is 0 Å². The third-order valence-corrected chi connectivity index (χ3v) is 8.29. The summed E-state index contributed by atoms with van der Waals surface area (Å²) < 4.78 is 48.2. The number of pyridine rings is 1. The number of rotatable bonds is 10. The first-order valence-corrected chi connectivity index (χ1v) is 13.8. The van der Waals surface area contributed by atoms with E-state index in [0.29, 0.717) is 35.6 Å².